The highest BCUT2D eigenvalue weighted by Gasteiger charge is 2.29. The van der Waals surface area contributed by atoms with Crippen molar-refractivity contribution in [3.05, 3.63) is 64.8 Å². The summed E-state index contributed by atoms with van der Waals surface area (Å²) >= 11 is 3.49. The molecule has 0 unspecified atom stereocenters. The number of methoxy groups -OCH3 is 1. The van der Waals surface area contributed by atoms with Crippen LogP contribution in [-0.2, 0) is 21.0 Å². The van der Waals surface area contributed by atoms with Crippen LogP contribution in [0, 0.1) is 5.41 Å². The Morgan fingerprint density at radius 3 is 2.66 bits per heavy atom. The average Bonchev–Trinajstić information content (AvgIpc) is 3.32. The molecule has 9 nitrogen and oxygen atoms in total. The van der Waals surface area contributed by atoms with Crippen molar-refractivity contribution in [2.24, 2.45) is 5.41 Å². The van der Waals surface area contributed by atoms with Crippen molar-refractivity contribution in [1.82, 2.24) is 14.5 Å². The molecule has 0 saturated heterocycles. The van der Waals surface area contributed by atoms with Crippen LogP contribution in [0.4, 0.5) is 16.2 Å². The molecule has 1 aliphatic heterocycles. The molecule has 2 bridgehead atoms. The van der Waals surface area contributed by atoms with E-state index in [1.807, 2.05) is 42.8 Å². The number of aromatic nitrogens is 3. The number of halogens is 1. The second-order valence-electron chi connectivity index (χ2n) is 12.0. The van der Waals surface area contributed by atoms with Crippen molar-refractivity contribution in [3.8, 4) is 11.3 Å². The number of imidazole rings is 1. The maximum atomic E-state index is 13.5. The van der Waals surface area contributed by atoms with E-state index >= 15 is 0 Å². The minimum atomic E-state index is -1.25. The third kappa shape index (κ3) is 7.93. The van der Waals surface area contributed by atoms with Crippen LogP contribution in [-0.4, -0.2) is 48.3 Å². The Morgan fingerprint density at radius 1 is 1.20 bits per heavy atom. The van der Waals surface area contributed by atoms with Gasteiger partial charge in [-0.3, -0.25) is 15.1 Å². The molecule has 4 rings (SSSR count). The quantitative estimate of drug-likeness (QED) is 0.206. The normalized spacial score (nSPS) is 16.4. The molecule has 2 amide bonds. The number of ether oxygens (including phenoxy) is 2. The van der Waals surface area contributed by atoms with E-state index in [1.165, 1.54) is 7.11 Å². The number of hydrogen-bond acceptors (Lipinski definition) is 6. The maximum Gasteiger partial charge on any atom is 0.411 e. The Kier molecular flexibility index (Phi) is 9.50. The minimum absolute atomic E-state index is 0.124. The number of carbonyl (C=O) groups is 2. The van der Waals surface area contributed by atoms with Gasteiger partial charge in [-0.15, -0.1) is 0 Å². The first-order valence-corrected chi connectivity index (χ1v) is 18.1. The van der Waals surface area contributed by atoms with Crippen molar-refractivity contribution in [3.63, 3.8) is 0 Å². The summed E-state index contributed by atoms with van der Waals surface area (Å²) in [6.45, 7) is 11.8. The maximum absolute atomic E-state index is 13.5. The molecule has 0 radical (unpaired) electrons. The van der Waals surface area contributed by atoms with Crippen LogP contribution in [0.2, 0.25) is 25.7 Å². The first kappa shape index (κ1) is 30.7. The van der Waals surface area contributed by atoms with E-state index in [9.17, 15) is 9.59 Å². The zero-order valence-electron chi connectivity index (χ0n) is 24.5. The van der Waals surface area contributed by atoms with Crippen LogP contribution >= 0.6 is 15.9 Å². The number of amides is 2. The van der Waals surface area contributed by atoms with Crippen LogP contribution in [0.15, 0.2) is 53.3 Å². The molecule has 218 valence electrons. The van der Waals surface area contributed by atoms with E-state index in [0.29, 0.717) is 43.2 Å². The lowest BCUT2D eigenvalue weighted by molar-refractivity contribution is -0.124. The smallest absolute Gasteiger partial charge is 0.411 e. The largest absolute Gasteiger partial charge is 0.453 e. The summed E-state index contributed by atoms with van der Waals surface area (Å²) in [5.41, 5.74) is 3.41. The Bertz CT molecular complexity index is 1440. The Morgan fingerprint density at radius 2 is 1.98 bits per heavy atom. The molecule has 0 aliphatic carbocycles. The first-order valence-electron chi connectivity index (χ1n) is 13.6. The third-order valence-corrected chi connectivity index (χ3v) is 9.13. The molecule has 41 heavy (non-hydrogen) atoms. The molecule has 1 aromatic carbocycles. The van der Waals surface area contributed by atoms with Gasteiger partial charge in [-0.05, 0) is 65.1 Å². The lowest BCUT2D eigenvalue weighted by atomic mass is 9.86. The molecule has 0 fully saturated rings. The van der Waals surface area contributed by atoms with Gasteiger partial charge in [0.2, 0.25) is 5.91 Å². The highest BCUT2D eigenvalue weighted by atomic mass is 79.9. The number of anilines is 2. The summed E-state index contributed by atoms with van der Waals surface area (Å²) in [6, 6.07) is 10.3. The summed E-state index contributed by atoms with van der Waals surface area (Å²) in [5, 5.41) is 5.77. The first-order chi connectivity index (χ1) is 19.4. The van der Waals surface area contributed by atoms with Crippen LogP contribution in [0.5, 0.6) is 0 Å². The monoisotopic (exact) mass is 639 g/mol. The summed E-state index contributed by atoms with van der Waals surface area (Å²) in [4.78, 5) is 35.1. The fourth-order valence-corrected chi connectivity index (χ4v) is 5.34. The number of nitrogens with one attached hydrogen (secondary N) is 2. The topological polar surface area (TPSA) is 107 Å². The van der Waals surface area contributed by atoms with Crippen LogP contribution in [0.1, 0.15) is 38.2 Å². The van der Waals surface area contributed by atoms with Crippen molar-refractivity contribution < 1.29 is 19.1 Å². The zero-order valence-corrected chi connectivity index (χ0v) is 27.1. The number of carbonyl (C=O) groups excluding carboxylic acids is 2. The second kappa shape index (κ2) is 12.7. The highest BCUT2D eigenvalue weighted by Crippen LogP contribution is 2.36. The van der Waals surface area contributed by atoms with Gasteiger partial charge in [0, 0.05) is 53.8 Å². The molecule has 0 saturated carbocycles. The number of hydrogen-bond donors (Lipinski definition) is 2. The molecule has 1 aliphatic rings. The molecular formula is C30H38BrN5O4Si. The van der Waals surface area contributed by atoms with Gasteiger partial charge < -0.3 is 19.4 Å². The molecule has 0 spiro atoms. The summed E-state index contributed by atoms with van der Waals surface area (Å²) in [6.07, 6.45) is 6.48. The van der Waals surface area contributed by atoms with Gasteiger partial charge in [0.1, 0.15) is 12.6 Å². The lowest BCUT2D eigenvalue weighted by Gasteiger charge is -2.24. The SMILES string of the molecule is COC(=O)Nc1ccc2c(c1)NC(=O)C(C)(C)CC/C=C(/c1ccc(Br)cn1)c1nc-2cn1COCC[Si](C)(C)C. The number of fused-ring (bicyclic) bond motifs is 4. The third-order valence-electron chi connectivity index (χ3n) is 6.96. The van der Waals surface area contributed by atoms with E-state index in [1.54, 1.807) is 18.3 Å². The predicted octanol–water partition coefficient (Wildman–Crippen LogP) is 7.39. The number of allylic oxidation sites excluding steroid dienone is 1. The van der Waals surface area contributed by atoms with E-state index in [-0.39, 0.29) is 5.91 Å². The fraction of sp³-hybridized carbons (Fsp3) is 0.400. The molecule has 3 aromatic rings. The van der Waals surface area contributed by atoms with Gasteiger partial charge in [-0.1, -0.05) is 39.6 Å². The van der Waals surface area contributed by atoms with Crippen LogP contribution in [0.3, 0.4) is 0 Å². The highest BCUT2D eigenvalue weighted by molar-refractivity contribution is 9.10. The minimum Gasteiger partial charge on any atom is -0.453 e. The fourth-order valence-electron chi connectivity index (χ4n) is 4.35. The zero-order chi connectivity index (χ0) is 29.8. The summed E-state index contributed by atoms with van der Waals surface area (Å²) in [7, 11) is 0.0498. The van der Waals surface area contributed by atoms with Gasteiger partial charge in [-0.25, -0.2) is 9.78 Å². The second-order valence-corrected chi connectivity index (χ2v) is 18.5. The molecule has 0 atom stereocenters. The van der Waals surface area contributed by atoms with Gasteiger partial charge in [0.05, 0.1) is 24.2 Å². The van der Waals surface area contributed by atoms with Gasteiger partial charge in [0.25, 0.3) is 0 Å². The molecule has 2 N–H and O–H groups in total. The summed E-state index contributed by atoms with van der Waals surface area (Å²) in [5.74, 6) is 0.607. The molecule has 2 aromatic heterocycles. The van der Waals surface area contributed by atoms with Crippen LogP contribution < -0.4 is 10.6 Å². The molecular weight excluding hydrogens is 602 g/mol. The number of nitrogens with zero attached hydrogens (tertiary/aromatic N) is 3. The number of rotatable bonds is 7. The van der Waals surface area contributed by atoms with Gasteiger partial charge in [-0.2, -0.15) is 0 Å². The van der Waals surface area contributed by atoms with Crippen molar-refractivity contribution in [1.29, 1.82) is 0 Å². The van der Waals surface area contributed by atoms with Crippen molar-refractivity contribution in [2.45, 2.75) is 59.1 Å². The van der Waals surface area contributed by atoms with E-state index in [4.69, 9.17) is 14.5 Å². The van der Waals surface area contributed by atoms with Crippen molar-refractivity contribution >= 4 is 53.0 Å². The van der Waals surface area contributed by atoms with Gasteiger partial charge >= 0.3 is 6.09 Å². The predicted molar refractivity (Wildman–Crippen MR) is 168 cm³/mol. The average molecular weight is 641 g/mol. The molecule has 11 heteroatoms. The standard InChI is InChI=1S/C30H38BrN5O4Si/c1-30(2)13-7-8-23(24-12-9-20(31)17-32-24)27-34-26(18-36(27)19-40-14-15-41(4,5)6)22-11-10-21(33-29(38)39-3)16-25(22)35-28(30)37/h8-12,16-18H,7,13-15,19H2,1-6H3,(H,33,38)(H,35,37)/b23-8-. The van der Waals surface area contributed by atoms with Crippen molar-refractivity contribution in [2.75, 3.05) is 24.4 Å². The Balaban J connectivity index is 1.85. The molecule has 3 heterocycles. The van der Waals surface area contributed by atoms with Crippen LogP contribution in [0.25, 0.3) is 16.8 Å². The Labute approximate surface area is 250 Å². The number of benzene rings is 1. The van der Waals surface area contributed by atoms with E-state index < -0.39 is 19.6 Å². The van der Waals surface area contributed by atoms with E-state index in [0.717, 1.165) is 33.2 Å². The summed E-state index contributed by atoms with van der Waals surface area (Å²) < 4.78 is 13.8. The number of pyridine rings is 1. The van der Waals surface area contributed by atoms with Gasteiger partial charge in [0.15, 0.2) is 0 Å². The Hall–Kier alpha value is -3.28. The lowest BCUT2D eigenvalue weighted by Crippen LogP contribution is -2.31. The van der Waals surface area contributed by atoms with E-state index in [2.05, 4.69) is 57.3 Å².